The summed E-state index contributed by atoms with van der Waals surface area (Å²) in [7, 11) is -3.94. The second-order valence-corrected chi connectivity index (χ2v) is 27.2. The van der Waals surface area contributed by atoms with Crippen LogP contribution < -0.4 is 25.5 Å². The van der Waals surface area contributed by atoms with Crippen LogP contribution in [0.2, 0.25) is 10.1 Å². The van der Waals surface area contributed by atoms with Gasteiger partial charge in [-0.3, -0.25) is 0 Å². The standard InChI is InChI=1S/C52H64O4Si2/c1-50(2,3)57(46-23-12-8-13-24-46,47-25-14-9-15-26-47)55-39-43-22-20-21-42-33-34-44(38-54-37-41-31-35-45(53-7)36-32-41)52(42,43)40-56-58(51(4,5)6,48-27-16-10-17-28-48)49-29-18-11-19-30-49/h8-19,23-33,35-36,43-44H,20-22,34,37-40H2,1-7H3/t43-,44-,52+/m1/s1. The Morgan fingerprint density at radius 2 is 1.03 bits per heavy atom. The molecule has 0 spiro atoms. The Bertz CT molecular complexity index is 1990. The van der Waals surface area contributed by atoms with Gasteiger partial charge in [-0.05, 0) is 86.0 Å². The molecular formula is C52H64O4Si2. The Kier molecular flexibility index (Phi) is 12.8. The van der Waals surface area contributed by atoms with Crippen LogP contribution in [0, 0.1) is 17.3 Å². The maximum absolute atomic E-state index is 8.01. The predicted octanol–water partition coefficient (Wildman–Crippen LogP) is 10.1. The largest absolute Gasteiger partial charge is 0.497 e. The quantitative estimate of drug-likeness (QED) is 0.0780. The second-order valence-electron chi connectivity index (χ2n) is 18.6. The van der Waals surface area contributed by atoms with Crippen molar-refractivity contribution in [3.05, 3.63) is 163 Å². The van der Waals surface area contributed by atoms with Crippen molar-refractivity contribution in [1.29, 1.82) is 0 Å². The number of hydrogen-bond acceptors (Lipinski definition) is 4. The Morgan fingerprint density at radius 3 is 1.48 bits per heavy atom. The minimum Gasteiger partial charge on any atom is -0.497 e. The maximum atomic E-state index is 8.01. The van der Waals surface area contributed by atoms with E-state index in [0.29, 0.717) is 26.4 Å². The summed E-state index contributed by atoms with van der Waals surface area (Å²) in [6.07, 6.45) is 6.88. The van der Waals surface area contributed by atoms with Crippen LogP contribution in [0.25, 0.3) is 0 Å². The molecule has 0 aliphatic heterocycles. The highest BCUT2D eigenvalue weighted by atomic mass is 28.4. The lowest BCUT2D eigenvalue weighted by molar-refractivity contribution is -0.0317. The average molecular weight is 809 g/mol. The minimum absolute atomic E-state index is 0.113. The van der Waals surface area contributed by atoms with Gasteiger partial charge >= 0.3 is 0 Å². The van der Waals surface area contributed by atoms with Gasteiger partial charge in [-0.25, -0.2) is 0 Å². The van der Waals surface area contributed by atoms with E-state index in [1.807, 2.05) is 12.1 Å². The van der Waals surface area contributed by atoms with Crippen LogP contribution in [0.5, 0.6) is 5.75 Å². The molecule has 0 bridgehead atoms. The summed E-state index contributed by atoms with van der Waals surface area (Å²) in [6.45, 7) is 16.9. The van der Waals surface area contributed by atoms with E-state index < -0.39 is 16.6 Å². The van der Waals surface area contributed by atoms with Crippen LogP contribution in [-0.2, 0) is 20.2 Å². The summed E-state index contributed by atoms with van der Waals surface area (Å²) in [6, 6.07) is 52.7. The fourth-order valence-electron chi connectivity index (χ4n) is 10.5. The van der Waals surface area contributed by atoms with E-state index in [1.165, 1.54) is 20.7 Å². The predicted molar refractivity (Wildman–Crippen MR) is 246 cm³/mol. The van der Waals surface area contributed by atoms with Crippen molar-refractivity contribution in [3.63, 3.8) is 0 Å². The van der Waals surface area contributed by atoms with Crippen molar-refractivity contribution >= 4 is 37.4 Å². The highest BCUT2D eigenvalue weighted by Crippen LogP contribution is 2.57. The van der Waals surface area contributed by atoms with E-state index >= 15 is 0 Å². The fraction of sp³-hybridized carbons (Fsp3) is 0.385. The molecule has 1 fully saturated rings. The third-order valence-electron chi connectivity index (χ3n) is 13.3. The summed E-state index contributed by atoms with van der Waals surface area (Å²) in [4.78, 5) is 0. The summed E-state index contributed by atoms with van der Waals surface area (Å²) in [5.41, 5.74) is 2.46. The molecule has 0 heterocycles. The van der Waals surface area contributed by atoms with E-state index in [2.05, 4.69) is 181 Å². The van der Waals surface area contributed by atoms with Crippen LogP contribution in [0.15, 0.2) is 157 Å². The number of allylic oxidation sites excluding steroid dienone is 1. The molecule has 58 heavy (non-hydrogen) atoms. The molecule has 1 saturated carbocycles. The molecule has 2 aliphatic rings. The van der Waals surface area contributed by atoms with Crippen molar-refractivity contribution < 1.29 is 18.3 Å². The Morgan fingerprint density at radius 1 is 0.569 bits per heavy atom. The first kappa shape index (κ1) is 42.1. The first-order valence-electron chi connectivity index (χ1n) is 21.4. The number of methoxy groups -OCH3 is 1. The van der Waals surface area contributed by atoms with Gasteiger partial charge in [0.05, 0.1) is 20.3 Å². The zero-order valence-corrected chi connectivity index (χ0v) is 37.9. The molecule has 3 atom stereocenters. The lowest BCUT2D eigenvalue weighted by atomic mass is 9.60. The molecule has 0 aromatic heterocycles. The fourth-order valence-corrected chi connectivity index (χ4v) is 19.7. The van der Waals surface area contributed by atoms with Crippen LogP contribution >= 0.6 is 0 Å². The lowest BCUT2D eigenvalue weighted by Crippen LogP contribution is -2.68. The maximum Gasteiger partial charge on any atom is 0.261 e. The molecule has 0 saturated heterocycles. The second kappa shape index (κ2) is 17.7. The average Bonchev–Trinajstić information content (AvgIpc) is 3.60. The van der Waals surface area contributed by atoms with Crippen LogP contribution in [0.4, 0.5) is 0 Å². The van der Waals surface area contributed by atoms with Crippen molar-refractivity contribution in [3.8, 4) is 5.75 Å². The topological polar surface area (TPSA) is 36.9 Å². The molecule has 2 aliphatic carbocycles. The van der Waals surface area contributed by atoms with Gasteiger partial charge in [0, 0.05) is 18.6 Å². The third kappa shape index (κ3) is 7.99. The van der Waals surface area contributed by atoms with Gasteiger partial charge < -0.3 is 18.3 Å². The van der Waals surface area contributed by atoms with E-state index in [-0.39, 0.29) is 27.3 Å². The minimum atomic E-state index is -2.86. The van der Waals surface area contributed by atoms with Gasteiger partial charge in [-0.2, -0.15) is 0 Å². The molecule has 0 unspecified atom stereocenters. The molecule has 304 valence electrons. The van der Waals surface area contributed by atoms with Crippen LogP contribution in [0.1, 0.15) is 72.8 Å². The normalized spacial score (nSPS) is 20.0. The van der Waals surface area contributed by atoms with Gasteiger partial charge in [0.15, 0.2) is 0 Å². The highest BCUT2D eigenvalue weighted by Gasteiger charge is 2.58. The molecule has 4 nitrogen and oxygen atoms in total. The zero-order chi connectivity index (χ0) is 40.9. The highest BCUT2D eigenvalue weighted by molar-refractivity contribution is 7.00. The molecule has 6 heteroatoms. The van der Waals surface area contributed by atoms with E-state index in [4.69, 9.17) is 18.3 Å². The van der Waals surface area contributed by atoms with Crippen molar-refractivity contribution in [2.45, 2.75) is 83.9 Å². The van der Waals surface area contributed by atoms with Crippen LogP contribution in [0.3, 0.4) is 0 Å². The van der Waals surface area contributed by atoms with Gasteiger partial charge in [-0.15, -0.1) is 0 Å². The number of rotatable bonds is 15. The van der Waals surface area contributed by atoms with Gasteiger partial charge in [0.1, 0.15) is 5.75 Å². The molecule has 5 aromatic rings. The van der Waals surface area contributed by atoms with E-state index in [1.54, 1.807) is 12.7 Å². The van der Waals surface area contributed by atoms with Crippen molar-refractivity contribution in [1.82, 2.24) is 0 Å². The van der Waals surface area contributed by atoms with E-state index in [0.717, 1.165) is 37.0 Å². The summed E-state index contributed by atoms with van der Waals surface area (Å²) in [5, 5.41) is 5.03. The smallest absolute Gasteiger partial charge is 0.261 e. The monoisotopic (exact) mass is 808 g/mol. The van der Waals surface area contributed by atoms with Gasteiger partial charge in [0.25, 0.3) is 16.6 Å². The number of ether oxygens (including phenoxy) is 2. The zero-order valence-electron chi connectivity index (χ0n) is 35.9. The van der Waals surface area contributed by atoms with Gasteiger partial charge in [0.2, 0.25) is 0 Å². The first-order valence-corrected chi connectivity index (χ1v) is 25.2. The summed E-state index contributed by atoms with van der Waals surface area (Å²) >= 11 is 0. The molecule has 0 amide bonds. The Balaban J connectivity index is 1.32. The van der Waals surface area contributed by atoms with Crippen molar-refractivity contribution in [2.24, 2.45) is 17.3 Å². The first-order chi connectivity index (χ1) is 28.0. The number of fused-ring (bicyclic) bond motifs is 1. The summed E-state index contributed by atoms with van der Waals surface area (Å²) in [5.74, 6) is 1.37. The SMILES string of the molecule is COc1ccc(COC[C@H]2CC=C3CCC[C@H](CO[Si](c4ccccc4)(c4ccccc4)C(C)(C)C)[C@]32CO[Si](c2ccccc2)(c2ccccc2)C(C)(C)C)cc1. The number of hydrogen-bond donors (Lipinski definition) is 0. The molecule has 5 aromatic carbocycles. The molecule has 0 radical (unpaired) electrons. The molecule has 0 N–H and O–H groups in total. The number of benzene rings is 5. The molecular weight excluding hydrogens is 745 g/mol. The summed E-state index contributed by atoms with van der Waals surface area (Å²) < 4.78 is 28.1. The van der Waals surface area contributed by atoms with Crippen LogP contribution in [-0.4, -0.2) is 43.6 Å². The van der Waals surface area contributed by atoms with E-state index in [9.17, 15) is 0 Å². The Labute approximate surface area is 350 Å². The Hall–Kier alpha value is -4.05. The van der Waals surface area contributed by atoms with Gasteiger partial charge in [-0.1, -0.05) is 187 Å². The lowest BCUT2D eigenvalue weighted by Gasteiger charge is -2.52. The molecule has 7 rings (SSSR count). The third-order valence-corrected chi connectivity index (χ3v) is 23.3. The van der Waals surface area contributed by atoms with Crippen molar-refractivity contribution in [2.75, 3.05) is 26.9 Å².